The van der Waals surface area contributed by atoms with Crippen LogP contribution in [0, 0.1) is 0 Å². The van der Waals surface area contributed by atoms with E-state index in [1.54, 1.807) is 24.3 Å². The number of likely N-dealkylation sites (N-methyl/N-ethyl adjacent to an activating group) is 1. The Kier molecular flexibility index (Phi) is 4.57. The minimum absolute atomic E-state index is 0.140. The maximum atomic E-state index is 13.3. The van der Waals surface area contributed by atoms with Gasteiger partial charge in [0.15, 0.2) is 6.10 Å². The van der Waals surface area contributed by atoms with Crippen LogP contribution < -0.4 is 0 Å². The van der Waals surface area contributed by atoms with Crippen LogP contribution >= 0.6 is 0 Å². The molecule has 0 saturated carbocycles. The van der Waals surface area contributed by atoms with Crippen LogP contribution in [-0.2, 0) is 15.1 Å². The normalized spacial score (nSPS) is 26.6. The summed E-state index contributed by atoms with van der Waals surface area (Å²) in [6.45, 7) is 0. The van der Waals surface area contributed by atoms with Crippen molar-refractivity contribution in [2.45, 2.75) is 49.5 Å². The molecule has 2 heterocycles. The number of fused-ring (bicyclic) bond motifs is 2. The zero-order valence-electron chi connectivity index (χ0n) is 16.0. The molecule has 27 heavy (non-hydrogen) atoms. The molecule has 142 valence electrons. The third kappa shape index (κ3) is 2.97. The molecule has 0 spiro atoms. The smallest absolute Gasteiger partial charge is 0.348 e. The number of hydrogen-bond donors (Lipinski definition) is 1. The Morgan fingerprint density at radius 2 is 1.56 bits per heavy atom. The third-order valence-electron chi connectivity index (χ3n) is 6.70. The maximum absolute atomic E-state index is 13.3. The molecule has 2 aromatic rings. The molecule has 1 N–H and O–H groups in total. The number of hydrogen-bond acceptors (Lipinski definition) is 3. The fraction of sp³-hybridized carbons (Fsp3) is 0.435. The van der Waals surface area contributed by atoms with E-state index in [0.29, 0.717) is 23.2 Å². The lowest BCUT2D eigenvalue weighted by Gasteiger charge is -2.41. The van der Waals surface area contributed by atoms with Gasteiger partial charge in [-0.05, 0) is 24.0 Å². The first-order chi connectivity index (χ1) is 12.9. The van der Waals surface area contributed by atoms with E-state index in [4.69, 9.17) is 4.74 Å². The van der Waals surface area contributed by atoms with Crippen LogP contribution in [0.1, 0.15) is 36.8 Å². The molecule has 2 aliphatic rings. The van der Waals surface area contributed by atoms with E-state index >= 15 is 0 Å². The van der Waals surface area contributed by atoms with Gasteiger partial charge in [-0.2, -0.15) is 0 Å². The molecule has 4 rings (SSSR count). The van der Waals surface area contributed by atoms with Gasteiger partial charge in [0.05, 0.1) is 20.1 Å². The first-order valence-electron chi connectivity index (χ1n) is 9.82. The van der Waals surface area contributed by atoms with Crippen LogP contribution in [0.15, 0.2) is 60.7 Å². The van der Waals surface area contributed by atoms with Gasteiger partial charge in [-0.3, -0.25) is 0 Å². The molecular weight excluding hydrogens is 338 g/mol. The topological polar surface area (TPSA) is 46.5 Å². The van der Waals surface area contributed by atoms with Crippen LogP contribution in [-0.4, -0.2) is 47.8 Å². The van der Waals surface area contributed by atoms with Crippen LogP contribution in [0.5, 0.6) is 0 Å². The molecule has 3 atom stereocenters. The Balaban J connectivity index is 1.67. The summed E-state index contributed by atoms with van der Waals surface area (Å²) in [5.74, 6) is -0.572. The van der Waals surface area contributed by atoms with E-state index in [1.165, 1.54) is 12.8 Å². The van der Waals surface area contributed by atoms with Gasteiger partial charge < -0.3 is 14.3 Å². The van der Waals surface area contributed by atoms with Gasteiger partial charge in [0.2, 0.25) is 5.60 Å². The van der Waals surface area contributed by atoms with Crippen LogP contribution in [0.3, 0.4) is 0 Å². The van der Waals surface area contributed by atoms with Crippen LogP contribution in [0.4, 0.5) is 0 Å². The van der Waals surface area contributed by atoms with Gasteiger partial charge in [-0.15, -0.1) is 0 Å². The largest absolute Gasteiger partial charge is 0.453 e. The summed E-state index contributed by atoms with van der Waals surface area (Å²) in [6.07, 6.45) is 4.17. The number of nitrogens with zero attached hydrogens (tertiary/aromatic N) is 1. The summed E-state index contributed by atoms with van der Waals surface area (Å²) in [5.41, 5.74) is -0.720. The van der Waals surface area contributed by atoms with Gasteiger partial charge in [0, 0.05) is 12.8 Å². The van der Waals surface area contributed by atoms with E-state index in [0.717, 1.165) is 17.3 Å². The lowest BCUT2D eigenvalue weighted by molar-refractivity contribution is -0.931. The highest BCUT2D eigenvalue weighted by atomic mass is 16.6. The van der Waals surface area contributed by atoms with Crippen LogP contribution in [0.25, 0.3) is 0 Å². The van der Waals surface area contributed by atoms with Crippen molar-refractivity contribution in [3.63, 3.8) is 0 Å². The average Bonchev–Trinajstić information content (AvgIpc) is 2.83. The molecule has 2 bridgehead atoms. The number of benzene rings is 2. The first kappa shape index (κ1) is 18.2. The Labute approximate surface area is 161 Å². The minimum atomic E-state index is -1.80. The summed E-state index contributed by atoms with van der Waals surface area (Å²) in [5, 5.41) is 11.6. The third-order valence-corrected chi connectivity index (χ3v) is 6.70. The zero-order valence-corrected chi connectivity index (χ0v) is 16.0. The molecule has 0 aromatic heterocycles. The van der Waals surface area contributed by atoms with Crippen LogP contribution in [0.2, 0.25) is 0 Å². The quantitative estimate of drug-likeness (QED) is 0.667. The van der Waals surface area contributed by atoms with E-state index in [-0.39, 0.29) is 6.10 Å². The average molecular weight is 366 g/mol. The highest BCUT2D eigenvalue weighted by Crippen LogP contribution is 2.42. The molecule has 0 amide bonds. The standard InChI is InChI=1S/C23H28NO3/c1-24(2)19-14-9-15-20(24)21(16-19)27-22(25)23(26,17-10-5-3-6-11-17)18-12-7-4-8-13-18/h3-8,10-13,19-21,26H,9,14-16H2,1-2H3/q+1. The van der Waals surface area contributed by atoms with Crippen molar-refractivity contribution in [3.05, 3.63) is 71.8 Å². The van der Waals surface area contributed by atoms with Gasteiger partial charge in [-0.25, -0.2) is 4.79 Å². The fourth-order valence-corrected chi connectivity index (χ4v) is 5.04. The number of esters is 1. The van der Waals surface area contributed by atoms with Gasteiger partial charge in [-0.1, -0.05) is 60.7 Å². The van der Waals surface area contributed by atoms with Crippen molar-refractivity contribution in [2.24, 2.45) is 0 Å². The molecule has 3 unspecified atom stereocenters. The fourth-order valence-electron chi connectivity index (χ4n) is 5.04. The summed E-state index contributed by atoms with van der Waals surface area (Å²) >= 11 is 0. The molecule has 2 saturated heterocycles. The van der Waals surface area contributed by atoms with Crippen molar-refractivity contribution in [1.29, 1.82) is 0 Å². The Morgan fingerprint density at radius 3 is 2.07 bits per heavy atom. The summed E-state index contributed by atoms with van der Waals surface area (Å²) in [4.78, 5) is 13.3. The number of quaternary nitrogens is 1. The summed E-state index contributed by atoms with van der Waals surface area (Å²) < 4.78 is 6.94. The van der Waals surface area contributed by atoms with Crippen molar-refractivity contribution >= 4 is 5.97 Å². The van der Waals surface area contributed by atoms with Gasteiger partial charge in [0.25, 0.3) is 0 Å². The van der Waals surface area contributed by atoms with Gasteiger partial charge in [0.1, 0.15) is 6.04 Å². The molecule has 2 fully saturated rings. The maximum Gasteiger partial charge on any atom is 0.348 e. The lowest BCUT2D eigenvalue weighted by atomic mass is 9.86. The van der Waals surface area contributed by atoms with E-state index in [2.05, 4.69) is 14.1 Å². The Morgan fingerprint density at radius 1 is 1.00 bits per heavy atom. The minimum Gasteiger partial charge on any atom is -0.453 e. The number of carbonyl (C=O) groups is 1. The molecule has 0 radical (unpaired) electrons. The predicted molar refractivity (Wildman–Crippen MR) is 104 cm³/mol. The summed E-state index contributed by atoms with van der Waals surface area (Å²) in [6, 6.07) is 19.0. The lowest BCUT2D eigenvalue weighted by Crippen LogP contribution is -2.55. The second-order valence-electron chi connectivity index (χ2n) is 8.40. The zero-order chi connectivity index (χ0) is 19.1. The molecule has 2 aromatic carbocycles. The number of rotatable bonds is 4. The SMILES string of the molecule is C[N+]1(C)C2CCCC1C(OC(=O)C(O)(c1ccccc1)c1ccccc1)C2. The second-order valence-corrected chi connectivity index (χ2v) is 8.40. The van der Waals surface area contributed by atoms with Crippen molar-refractivity contribution in [3.8, 4) is 0 Å². The molecule has 4 nitrogen and oxygen atoms in total. The van der Waals surface area contributed by atoms with E-state index < -0.39 is 11.6 Å². The number of carbonyl (C=O) groups excluding carboxylic acids is 1. The summed E-state index contributed by atoms with van der Waals surface area (Å²) in [7, 11) is 4.48. The Bertz CT molecular complexity index is 763. The van der Waals surface area contributed by atoms with Gasteiger partial charge >= 0.3 is 5.97 Å². The van der Waals surface area contributed by atoms with E-state index in [1.807, 2.05) is 36.4 Å². The van der Waals surface area contributed by atoms with Crippen molar-refractivity contribution in [2.75, 3.05) is 14.1 Å². The molecule has 2 aliphatic heterocycles. The molecular formula is C23H28NO3+. The number of piperidine rings is 1. The van der Waals surface area contributed by atoms with Crippen molar-refractivity contribution < 1.29 is 19.1 Å². The van der Waals surface area contributed by atoms with E-state index in [9.17, 15) is 9.90 Å². The number of ether oxygens (including phenoxy) is 1. The molecule has 4 heteroatoms. The predicted octanol–water partition coefficient (Wildman–Crippen LogP) is 3.24. The Hall–Kier alpha value is -2.17. The highest BCUT2D eigenvalue weighted by molar-refractivity contribution is 5.85. The first-order valence-corrected chi connectivity index (χ1v) is 9.82. The monoisotopic (exact) mass is 366 g/mol. The number of aliphatic hydroxyl groups is 1. The second kappa shape index (κ2) is 6.77. The molecule has 0 aliphatic carbocycles. The van der Waals surface area contributed by atoms with Crippen molar-refractivity contribution in [1.82, 2.24) is 0 Å². The highest BCUT2D eigenvalue weighted by Gasteiger charge is 2.55.